The van der Waals surface area contributed by atoms with Gasteiger partial charge in [-0.2, -0.15) is 0 Å². The Balaban J connectivity index is 3.02. The zero-order valence-electron chi connectivity index (χ0n) is 22.8. The van der Waals surface area contributed by atoms with E-state index in [-0.39, 0.29) is 56.8 Å². The van der Waals surface area contributed by atoms with Crippen molar-refractivity contribution < 1.29 is 44.1 Å². The Bertz CT molecular complexity index is 1140. The van der Waals surface area contributed by atoms with Crippen LogP contribution in [0.5, 0.6) is 5.75 Å². The standard InChI is InChI=1S/C25H38N8O9/c26-15(12-13-3-5-14(34)6-4-13)21(38)31-17(8-10-20(36)37)22(39)32-16(7-9-19(27)35)23(40)33-18(24(41)42)2-1-11-30-25(28)29/h3-6,15-18,34H,1-2,7-12,26H2,(H2,27,35)(H,31,38)(H,32,39)(H,33,40)(H,36,37)(H,41,42)(H4,28,29,30). The third-order valence-electron chi connectivity index (χ3n) is 5.88. The van der Waals surface area contributed by atoms with Crippen LogP contribution in [0.25, 0.3) is 0 Å². The third-order valence-corrected chi connectivity index (χ3v) is 5.88. The summed E-state index contributed by atoms with van der Waals surface area (Å²) in [6.07, 6.45) is -1.40. The second-order valence-electron chi connectivity index (χ2n) is 9.39. The molecule has 1 aromatic rings. The van der Waals surface area contributed by atoms with E-state index in [1.54, 1.807) is 12.1 Å². The molecule has 0 saturated carbocycles. The third kappa shape index (κ3) is 13.9. The van der Waals surface area contributed by atoms with Crippen molar-refractivity contribution in [2.24, 2.45) is 27.9 Å². The number of primary amides is 1. The van der Waals surface area contributed by atoms with Crippen LogP contribution >= 0.6 is 0 Å². The quantitative estimate of drug-likeness (QED) is 0.0435. The fourth-order valence-electron chi connectivity index (χ4n) is 3.66. The van der Waals surface area contributed by atoms with E-state index in [0.29, 0.717) is 5.56 Å². The Labute approximate surface area is 241 Å². The molecular formula is C25H38N8O9. The minimum absolute atomic E-state index is 0.0118. The van der Waals surface area contributed by atoms with E-state index in [0.717, 1.165) is 0 Å². The van der Waals surface area contributed by atoms with E-state index in [4.69, 9.17) is 28.0 Å². The fraction of sp³-hybridized carbons (Fsp3) is 0.480. The predicted molar refractivity (Wildman–Crippen MR) is 148 cm³/mol. The molecule has 0 aliphatic heterocycles. The first kappa shape index (κ1) is 35.1. The highest BCUT2D eigenvalue weighted by Gasteiger charge is 2.30. The summed E-state index contributed by atoms with van der Waals surface area (Å²) in [6.45, 7) is 0.101. The summed E-state index contributed by atoms with van der Waals surface area (Å²) in [5, 5.41) is 35.0. The summed E-state index contributed by atoms with van der Waals surface area (Å²) < 4.78 is 0. The molecule has 0 fully saturated rings. The molecule has 0 radical (unpaired) electrons. The molecule has 0 heterocycles. The zero-order chi connectivity index (χ0) is 31.8. The number of phenols is 1. The maximum absolute atomic E-state index is 13.1. The van der Waals surface area contributed by atoms with Gasteiger partial charge in [0.25, 0.3) is 0 Å². The smallest absolute Gasteiger partial charge is 0.326 e. The Kier molecular flexibility index (Phi) is 14.8. The molecule has 42 heavy (non-hydrogen) atoms. The Morgan fingerprint density at radius 3 is 1.79 bits per heavy atom. The lowest BCUT2D eigenvalue weighted by atomic mass is 10.0. The topological polar surface area (TPSA) is 316 Å². The molecule has 1 aromatic carbocycles. The van der Waals surface area contributed by atoms with Crippen LogP contribution in [-0.2, 0) is 35.2 Å². The van der Waals surface area contributed by atoms with Gasteiger partial charge in [-0.05, 0) is 49.8 Å². The van der Waals surface area contributed by atoms with E-state index < -0.39 is 66.2 Å². The largest absolute Gasteiger partial charge is 0.508 e. The lowest BCUT2D eigenvalue weighted by Gasteiger charge is -2.25. The number of aliphatic imine (C=N–C) groups is 1. The van der Waals surface area contributed by atoms with Crippen LogP contribution in [0.4, 0.5) is 0 Å². The van der Waals surface area contributed by atoms with Gasteiger partial charge in [-0.1, -0.05) is 12.1 Å². The number of hydrogen-bond acceptors (Lipinski definition) is 9. The molecule has 0 saturated heterocycles. The number of nitrogens with one attached hydrogen (secondary N) is 3. The molecule has 4 amide bonds. The predicted octanol–water partition coefficient (Wildman–Crippen LogP) is -3.02. The molecule has 14 N–H and O–H groups in total. The average Bonchev–Trinajstić information content (AvgIpc) is 2.90. The number of carbonyl (C=O) groups excluding carboxylic acids is 4. The van der Waals surface area contributed by atoms with Gasteiger partial charge < -0.3 is 54.2 Å². The van der Waals surface area contributed by atoms with Gasteiger partial charge in [-0.25, -0.2) is 4.79 Å². The second kappa shape index (κ2) is 17.7. The van der Waals surface area contributed by atoms with Gasteiger partial charge in [-0.15, -0.1) is 0 Å². The summed E-state index contributed by atoms with van der Waals surface area (Å²) in [5.41, 5.74) is 22.2. The van der Waals surface area contributed by atoms with E-state index in [1.807, 2.05) is 0 Å². The lowest BCUT2D eigenvalue weighted by Crippen LogP contribution is -2.57. The summed E-state index contributed by atoms with van der Waals surface area (Å²) in [5.74, 6) is -6.32. The Morgan fingerprint density at radius 1 is 0.762 bits per heavy atom. The van der Waals surface area contributed by atoms with Crippen LogP contribution in [0, 0.1) is 0 Å². The van der Waals surface area contributed by atoms with Gasteiger partial charge >= 0.3 is 11.9 Å². The van der Waals surface area contributed by atoms with Gasteiger partial charge in [0.15, 0.2) is 5.96 Å². The first-order valence-corrected chi connectivity index (χ1v) is 12.9. The van der Waals surface area contributed by atoms with Crippen LogP contribution in [0.3, 0.4) is 0 Å². The molecule has 0 aliphatic carbocycles. The maximum Gasteiger partial charge on any atom is 0.326 e. The Morgan fingerprint density at radius 2 is 1.29 bits per heavy atom. The first-order chi connectivity index (χ1) is 19.7. The summed E-state index contributed by atoms with van der Waals surface area (Å²) in [4.78, 5) is 76.8. The van der Waals surface area contributed by atoms with Crippen molar-refractivity contribution in [3.05, 3.63) is 29.8 Å². The molecule has 0 bridgehead atoms. The molecule has 17 heteroatoms. The van der Waals surface area contributed by atoms with Crippen LogP contribution < -0.4 is 38.9 Å². The van der Waals surface area contributed by atoms with Crippen molar-refractivity contribution in [2.45, 2.75) is 69.1 Å². The van der Waals surface area contributed by atoms with Crippen molar-refractivity contribution >= 4 is 41.5 Å². The second-order valence-corrected chi connectivity index (χ2v) is 9.39. The van der Waals surface area contributed by atoms with Gasteiger partial charge in [0.2, 0.25) is 23.6 Å². The number of benzene rings is 1. The number of carboxylic acids is 2. The highest BCUT2D eigenvalue weighted by atomic mass is 16.4. The van der Waals surface area contributed by atoms with Gasteiger partial charge in [0.05, 0.1) is 6.04 Å². The summed E-state index contributed by atoms with van der Waals surface area (Å²) in [6, 6.07) is 0.448. The van der Waals surface area contributed by atoms with Crippen LogP contribution in [0.15, 0.2) is 29.3 Å². The lowest BCUT2D eigenvalue weighted by molar-refractivity contribution is -0.142. The molecule has 4 atom stereocenters. The maximum atomic E-state index is 13.1. The number of aliphatic carboxylic acids is 2. The van der Waals surface area contributed by atoms with Crippen LogP contribution in [-0.4, -0.2) is 87.6 Å². The number of carbonyl (C=O) groups is 6. The van der Waals surface area contributed by atoms with Gasteiger partial charge in [0.1, 0.15) is 23.9 Å². The van der Waals surface area contributed by atoms with Crippen molar-refractivity contribution in [3.63, 3.8) is 0 Å². The minimum atomic E-state index is -1.46. The molecule has 232 valence electrons. The number of hydrogen-bond donors (Lipinski definition) is 10. The number of aromatic hydroxyl groups is 1. The summed E-state index contributed by atoms with van der Waals surface area (Å²) in [7, 11) is 0. The number of carboxylic acid groups (broad SMARTS) is 2. The number of rotatable bonds is 19. The van der Waals surface area contributed by atoms with Crippen LogP contribution in [0.2, 0.25) is 0 Å². The highest BCUT2D eigenvalue weighted by Crippen LogP contribution is 2.11. The minimum Gasteiger partial charge on any atom is -0.508 e. The van der Waals surface area contributed by atoms with Crippen molar-refractivity contribution in [3.8, 4) is 5.75 Å². The van der Waals surface area contributed by atoms with E-state index in [1.165, 1.54) is 12.1 Å². The molecule has 4 unspecified atom stereocenters. The Hall–Kier alpha value is -4.93. The number of guanidine groups is 1. The van der Waals surface area contributed by atoms with Gasteiger partial charge in [0, 0.05) is 19.4 Å². The number of amides is 4. The van der Waals surface area contributed by atoms with Crippen molar-refractivity contribution in [1.82, 2.24) is 16.0 Å². The normalized spacial score (nSPS) is 13.5. The highest BCUT2D eigenvalue weighted by molar-refractivity contribution is 5.94. The molecule has 17 nitrogen and oxygen atoms in total. The molecule has 0 spiro atoms. The van der Waals surface area contributed by atoms with E-state index in [9.17, 15) is 39.0 Å². The monoisotopic (exact) mass is 594 g/mol. The van der Waals surface area contributed by atoms with E-state index >= 15 is 0 Å². The molecule has 0 aromatic heterocycles. The summed E-state index contributed by atoms with van der Waals surface area (Å²) >= 11 is 0. The van der Waals surface area contributed by atoms with Crippen molar-refractivity contribution in [1.29, 1.82) is 0 Å². The fourth-order valence-corrected chi connectivity index (χ4v) is 3.66. The average molecular weight is 595 g/mol. The molecular weight excluding hydrogens is 556 g/mol. The van der Waals surface area contributed by atoms with Crippen molar-refractivity contribution in [2.75, 3.05) is 6.54 Å². The van der Waals surface area contributed by atoms with Crippen LogP contribution in [0.1, 0.15) is 44.1 Å². The molecule has 0 aliphatic rings. The number of nitrogens with zero attached hydrogens (tertiary/aromatic N) is 1. The SMILES string of the molecule is NC(=O)CCC(NC(=O)C(CCC(=O)O)NC(=O)C(N)Cc1ccc(O)cc1)C(=O)NC(CCCN=C(N)N)C(=O)O. The first-order valence-electron chi connectivity index (χ1n) is 12.9. The zero-order valence-corrected chi connectivity index (χ0v) is 22.8. The van der Waals surface area contributed by atoms with Gasteiger partial charge in [-0.3, -0.25) is 29.0 Å². The van der Waals surface area contributed by atoms with E-state index in [2.05, 4.69) is 20.9 Å². The molecule has 1 rings (SSSR count). The number of phenolic OH excluding ortho intramolecular Hbond substituents is 1. The number of nitrogens with two attached hydrogens (primary N) is 4.